The second-order valence-electron chi connectivity index (χ2n) is 6.07. The zero-order chi connectivity index (χ0) is 17.4. The number of nitrogens with zero attached hydrogens (tertiary/aromatic N) is 2. The number of hydrogen-bond donors (Lipinski definition) is 4. The topological polar surface area (TPSA) is 97.8 Å². The van der Waals surface area contributed by atoms with Crippen LogP contribution in [-0.4, -0.2) is 30.4 Å². The Kier molecular flexibility index (Phi) is 3.83. The second kappa shape index (κ2) is 6.16. The van der Waals surface area contributed by atoms with Crippen LogP contribution in [0.3, 0.4) is 0 Å². The number of aryl methyl sites for hydroxylation is 1. The number of H-pyrrole nitrogens is 2. The number of rotatable bonds is 4. The summed E-state index contributed by atoms with van der Waals surface area (Å²) in [6, 6.07) is 13.5. The Morgan fingerprint density at radius 2 is 1.80 bits per heavy atom. The molecule has 2 aromatic heterocycles. The highest BCUT2D eigenvalue weighted by molar-refractivity contribution is 5.80. The predicted molar refractivity (Wildman–Crippen MR) is 95.7 cm³/mol. The first-order chi connectivity index (χ1) is 12.2. The highest BCUT2D eigenvalue weighted by Crippen LogP contribution is 2.26. The van der Waals surface area contributed by atoms with Crippen LogP contribution in [0.15, 0.2) is 42.5 Å². The van der Waals surface area contributed by atoms with Gasteiger partial charge in [-0.05, 0) is 47.9 Å². The van der Waals surface area contributed by atoms with Gasteiger partial charge in [0.2, 0.25) is 0 Å². The Morgan fingerprint density at radius 3 is 2.60 bits per heavy atom. The number of fused-ring (bicyclic) bond motifs is 1. The van der Waals surface area contributed by atoms with Gasteiger partial charge < -0.3 is 15.2 Å². The van der Waals surface area contributed by atoms with E-state index in [2.05, 4.69) is 26.2 Å². The van der Waals surface area contributed by atoms with Gasteiger partial charge in [-0.25, -0.2) is 4.98 Å². The molecule has 0 fully saturated rings. The summed E-state index contributed by atoms with van der Waals surface area (Å²) < 4.78 is 0. The maximum absolute atomic E-state index is 9.45. The number of hydrogen-bond acceptors (Lipinski definition) is 4. The van der Waals surface area contributed by atoms with E-state index in [0.717, 1.165) is 39.4 Å². The minimum atomic E-state index is -0.121. The molecule has 0 atom stereocenters. The first-order valence-electron chi connectivity index (χ1n) is 8.04. The van der Waals surface area contributed by atoms with Crippen molar-refractivity contribution < 1.29 is 10.2 Å². The summed E-state index contributed by atoms with van der Waals surface area (Å²) in [5, 5.41) is 26.1. The standard InChI is InChI=1S/C19H18N4O2/c1-11-2-5-15-17(6-11)21-19(20-15)18-8-16(22-23-18)12-3-4-13(9-24)14(7-12)10-25/h2-8,24-25H,9-10H2,1H3,(H,20,21)(H,22,23). The molecule has 0 spiro atoms. The van der Waals surface area contributed by atoms with Crippen LogP contribution in [0.2, 0.25) is 0 Å². The Bertz CT molecular complexity index is 1050. The average molecular weight is 334 g/mol. The number of benzene rings is 2. The minimum Gasteiger partial charge on any atom is -0.392 e. The molecular formula is C19H18N4O2. The van der Waals surface area contributed by atoms with Crippen LogP contribution in [0.5, 0.6) is 0 Å². The van der Waals surface area contributed by atoms with Gasteiger partial charge in [0.25, 0.3) is 0 Å². The predicted octanol–water partition coefficient (Wildman–Crippen LogP) is 2.91. The van der Waals surface area contributed by atoms with Gasteiger partial charge in [-0.2, -0.15) is 5.10 Å². The molecule has 0 amide bonds. The maximum atomic E-state index is 9.45. The van der Waals surface area contributed by atoms with Gasteiger partial charge >= 0.3 is 0 Å². The van der Waals surface area contributed by atoms with Gasteiger partial charge in [0.05, 0.1) is 29.9 Å². The number of imidazole rings is 1. The van der Waals surface area contributed by atoms with Crippen LogP contribution in [0.25, 0.3) is 33.8 Å². The molecule has 0 aliphatic rings. The van der Waals surface area contributed by atoms with E-state index in [1.165, 1.54) is 5.56 Å². The fourth-order valence-electron chi connectivity index (χ4n) is 2.93. The lowest BCUT2D eigenvalue weighted by Crippen LogP contribution is -1.94. The zero-order valence-corrected chi connectivity index (χ0v) is 13.7. The monoisotopic (exact) mass is 334 g/mol. The molecule has 0 aliphatic heterocycles. The summed E-state index contributed by atoms with van der Waals surface area (Å²) in [5.74, 6) is 0.730. The summed E-state index contributed by atoms with van der Waals surface area (Å²) in [7, 11) is 0. The molecule has 2 aromatic carbocycles. The molecule has 0 aliphatic carbocycles. The van der Waals surface area contributed by atoms with Crippen molar-refractivity contribution in [3.8, 4) is 22.8 Å². The lowest BCUT2D eigenvalue weighted by atomic mass is 10.0. The normalized spacial score (nSPS) is 11.3. The van der Waals surface area contributed by atoms with Crippen molar-refractivity contribution in [2.45, 2.75) is 20.1 Å². The number of aliphatic hydroxyl groups excluding tert-OH is 2. The number of aromatic nitrogens is 4. The third-order valence-corrected chi connectivity index (χ3v) is 4.31. The van der Waals surface area contributed by atoms with Crippen molar-refractivity contribution in [2.24, 2.45) is 0 Å². The lowest BCUT2D eigenvalue weighted by molar-refractivity contribution is 0.260. The van der Waals surface area contributed by atoms with Gasteiger partial charge in [-0.3, -0.25) is 5.10 Å². The Morgan fingerprint density at radius 1 is 0.960 bits per heavy atom. The summed E-state index contributed by atoms with van der Waals surface area (Å²) in [6.45, 7) is 1.83. The van der Waals surface area contributed by atoms with E-state index in [1.54, 1.807) is 6.07 Å². The zero-order valence-electron chi connectivity index (χ0n) is 13.7. The molecule has 0 saturated heterocycles. The van der Waals surface area contributed by atoms with E-state index < -0.39 is 0 Å². The SMILES string of the molecule is Cc1ccc2nc(-c3cc(-c4ccc(CO)c(CO)c4)n[nH]3)[nH]c2c1. The Balaban J connectivity index is 1.71. The van der Waals surface area contributed by atoms with Crippen molar-refractivity contribution in [1.82, 2.24) is 20.2 Å². The van der Waals surface area contributed by atoms with E-state index in [1.807, 2.05) is 37.3 Å². The summed E-state index contributed by atoms with van der Waals surface area (Å²) >= 11 is 0. The Labute approximate surface area is 144 Å². The van der Waals surface area contributed by atoms with Crippen LogP contribution >= 0.6 is 0 Å². The molecule has 6 nitrogen and oxygen atoms in total. The summed E-state index contributed by atoms with van der Waals surface area (Å²) in [6.07, 6.45) is 0. The summed E-state index contributed by atoms with van der Waals surface area (Å²) in [4.78, 5) is 7.90. The highest BCUT2D eigenvalue weighted by Gasteiger charge is 2.11. The van der Waals surface area contributed by atoms with Gasteiger partial charge in [0.15, 0.2) is 5.82 Å². The molecule has 0 unspecified atom stereocenters. The number of aromatic amines is 2. The van der Waals surface area contributed by atoms with Crippen molar-refractivity contribution in [3.05, 3.63) is 59.2 Å². The van der Waals surface area contributed by atoms with Crippen LogP contribution in [0.4, 0.5) is 0 Å². The molecule has 2 heterocycles. The van der Waals surface area contributed by atoms with Gasteiger partial charge in [-0.15, -0.1) is 0 Å². The lowest BCUT2D eigenvalue weighted by Gasteiger charge is -2.06. The fourth-order valence-corrected chi connectivity index (χ4v) is 2.93. The van der Waals surface area contributed by atoms with Crippen molar-refractivity contribution >= 4 is 11.0 Å². The van der Waals surface area contributed by atoms with Crippen LogP contribution in [0, 0.1) is 6.92 Å². The molecule has 126 valence electrons. The van der Waals surface area contributed by atoms with E-state index in [9.17, 15) is 10.2 Å². The first kappa shape index (κ1) is 15.6. The van der Waals surface area contributed by atoms with Crippen LogP contribution < -0.4 is 0 Å². The van der Waals surface area contributed by atoms with Crippen LogP contribution in [-0.2, 0) is 13.2 Å². The molecule has 4 aromatic rings. The molecule has 0 bridgehead atoms. The largest absolute Gasteiger partial charge is 0.392 e. The third kappa shape index (κ3) is 2.82. The molecular weight excluding hydrogens is 316 g/mol. The molecule has 0 saturated carbocycles. The number of aliphatic hydroxyl groups is 2. The third-order valence-electron chi connectivity index (χ3n) is 4.31. The van der Waals surface area contributed by atoms with E-state index in [-0.39, 0.29) is 13.2 Å². The summed E-state index contributed by atoms with van der Waals surface area (Å²) in [5.41, 5.74) is 6.90. The molecule has 6 heteroatoms. The van der Waals surface area contributed by atoms with Crippen LogP contribution in [0.1, 0.15) is 16.7 Å². The average Bonchev–Trinajstić information content (AvgIpc) is 3.27. The smallest absolute Gasteiger partial charge is 0.156 e. The second-order valence-corrected chi connectivity index (χ2v) is 6.07. The van der Waals surface area contributed by atoms with Crippen molar-refractivity contribution in [1.29, 1.82) is 0 Å². The molecule has 4 N–H and O–H groups in total. The van der Waals surface area contributed by atoms with Crippen molar-refractivity contribution in [3.63, 3.8) is 0 Å². The van der Waals surface area contributed by atoms with E-state index in [4.69, 9.17) is 0 Å². The van der Waals surface area contributed by atoms with Crippen molar-refractivity contribution in [2.75, 3.05) is 0 Å². The van der Waals surface area contributed by atoms with Gasteiger partial charge in [0, 0.05) is 5.56 Å². The first-order valence-corrected chi connectivity index (χ1v) is 8.04. The quantitative estimate of drug-likeness (QED) is 0.461. The Hall–Kier alpha value is -2.96. The van der Waals surface area contributed by atoms with E-state index in [0.29, 0.717) is 5.56 Å². The van der Waals surface area contributed by atoms with Gasteiger partial charge in [0.1, 0.15) is 5.69 Å². The van der Waals surface area contributed by atoms with Gasteiger partial charge in [-0.1, -0.05) is 18.2 Å². The van der Waals surface area contributed by atoms with E-state index >= 15 is 0 Å². The molecule has 0 radical (unpaired) electrons. The number of nitrogens with one attached hydrogen (secondary N) is 2. The molecule has 25 heavy (non-hydrogen) atoms. The highest BCUT2D eigenvalue weighted by atomic mass is 16.3. The minimum absolute atomic E-state index is 0.0968. The fraction of sp³-hybridized carbons (Fsp3) is 0.158. The maximum Gasteiger partial charge on any atom is 0.156 e. The molecule has 4 rings (SSSR count).